The van der Waals surface area contributed by atoms with E-state index < -0.39 is 0 Å². The van der Waals surface area contributed by atoms with Crippen molar-refractivity contribution in [3.63, 3.8) is 0 Å². The van der Waals surface area contributed by atoms with Crippen molar-refractivity contribution in [2.75, 3.05) is 13.1 Å². The normalized spacial score (nSPS) is 15.7. The van der Waals surface area contributed by atoms with Crippen molar-refractivity contribution >= 4 is 5.91 Å². The maximum atomic E-state index is 11.1. The third-order valence-electron chi connectivity index (χ3n) is 1.75. The molecule has 0 aromatic rings. The van der Waals surface area contributed by atoms with Gasteiger partial charge in [-0.3, -0.25) is 4.79 Å². The molecule has 0 aromatic carbocycles. The first kappa shape index (κ1) is 8.53. The van der Waals surface area contributed by atoms with Gasteiger partial charge in [-0.05, 0) is 6.42 Å². The standard InChI is InChI=1S/C8H14NO2/c1-2-3-4-7(10)8(11)9-5-6-9/h10H,2-6H2,1H3. The van der Waals surface area contributed by atoms with Crippen molar-refractivity contribution < 1.29 is 9.90 Å². The summed E-state index contributed by atoms with van der Waals surface area (Å²) >= 11 is 0. The van der Waals surface area contributed by atoms with E-state index in [9.17, 15) is 9.90 Å². The predicted molar refractivity (Wildman–Crippen MR) is 41.3 cm³/mol. The Kier molecular flexibility index (Phi) is 2.88. The molecule has 1 rings (SSSR count). The van der Waals surface area contributed by atoms with Gasteiger partial charge in [-0.15, -0.1) is 0 Å². The summed E-state index contributed by atoms with van der Waals surface area (Å²) in [6.45, 7) is 3.67. The molecule has 0 saturated carbocycles. The van der Waals surface area contributed by atoms with Gasteiger partial charge in [-0.2, -0.15) is 0 Å². The lowest BCUT2D eigenvalue weighted by molar-refractivity contribution is -0.128. The Labute approximate surface area is 67.0 Å². The Morgan fingerprint density at radius 3 is 2.64 bits per heavy atom. The lowest BCUT2D eigenvalue weighted by Crippen LogP contribution is -2.19. The number of aliphatic hydroxyl groups excluding tert-OH is 1. The molecule has 1 aliphatic heterocycles. The van der Waals surface area contributed by atoms with Crippen LogP contribution in [0.2, 0.25) is 0 Å². The summed E-state index contributed by atoms with van der Waals surface area (Å²) in [6.07, 6.45) is 2.47. The molecule has 0 aliphatic carbocycles. The van der Waals surface area contributed by atoms with Crippen LogP contribution in [0.25, 0.3) is 0 Å². The first-order valence-electron chi connectivity index (χ1n) is 4.09. The summed E-state index contributed by atoms with van der Waals surface area (Å²) in [6, 6.07) is 0. The topological polar surface area (TPSA) is 40.3 Å². The average molecular weight is 156 g/mol. The van der Waals surface area contributed by atoms with Gasteiger partial charge in [-0.25, -0.2) is 0 Å². The highest BCUT2D eigenvalue weighted by atomic mass is 16.3. The Morgan fingerprint density at radius 1 is 1.55 bits per heavy atom. The minimum absolute atomic E-state index is 0.0318. The predicted octanol–water partition coefficient (Wildman–Crippen LogP) is 0.923. The molecule has 1 saturated heterocycles. The highest BCUT2D eigenvalue weighted by Gasteiger charge is 2.29. The lowest BCUT2D eigenvalue weighted by Gasteiger charge is -2.06. The molecule has 1 radical (unpaired) electrons. The summed E-state index contributed by atoms with van der Waals surface area (Å²) in [5, 5.41) is 9.18. The molecule has 11 heavy (non-hydrogen) atoms. The van der Waals surface area contributed by atoms with Gasteiger partial charge >= 0.3 is 0 Å². The number of carbonyl (C=O) groups is 1. The second-order valence-corrected chi connectivity index (χ2v) is 2.84. The van der Waals surface area contributed by atoms with E-state index in [1.54, 1.807) is 4.90 Å². The van der Waals surface area contributed by atoms with E-state index in [2.05, 4.69) is 0 Å². The minimum Gasteiger partial charge on any atom is -0.377 e. The molecular formula is C8H14NO2. The number of amides is 1. The van der Waals surface area contributed by atoms with Crippen LogP contribution in [0.4, 0.5) is 0 Å². The second-order valence-electron chi connectivity index (χ2n) is 2.84. The van der Waals surface area contributed by atoms with E-state index in [0.717, 1.165) is 25.9 Å². The third-order valence-corrected chi connectivity index (χ3v) is 1.75. The highest BCUT2D eigenvalue weighted by molar-refractivity contribution is 5.89. The van der Waals surface area contributed by atoms with Crippen LogP contribution in [-0.4, -0.2) is 29.0 Å². The van der Waals surface area contributed by atoms with Crippen LogP contribution in [0.15, 0.2) is 0 Å². The minimum atomic E-state index is -0.168. The Balaban J connectivity index is 2.16. The van der Waals surface area contributed by atoms with Crippen molar-refractivity contribution in [1.29, 1.82) is 0 Å². The van der Waals surface area contributed by atoms with Gasteiger partial charge in [-0.1, -0.05) is 19.8 Å². The molecule has 1 amide bonds. The Bertz CT molecular complexity index is 143. The molecule has 0 bridgehead atoms. The third kappa shape index (κ3) is 2.50. The van der Waals surface area contributed by atoms with Crippen LogP contribution >= 0.6 is 0 Å². The summed E-state index contributed by atoms with van der Waals surface area (Å²) < 4.78 is 0. The number of hydrogen-bond acceptors (Lipinski definition) is 2. The van der Waals surface area contributed by atoms with Crippen LogP contribution in [0.1, 0.15) is 26.2 Å². The zero-order valence-corrected chi connectivity index (χ0v) is 6.84. The quantitative estimate of drug-likeness (QED) is 0.615. The molecule has 1 heterocycles. The molecular weight excluding hydrogens is 142 g/mol. The zero-order chi connectivity index (χ0) is 8.27. The Hall–Kier alpha value is -0.570. The van der Waals surface area contributed by atoms with Crippen molar-refractivity contribution in [3.05, 3.63) is 6.10 Å². The summed E-state index contributed by atoms with van der Waals surface area (Å²) in [5.41, 5.74) is 0. The van der Waals surface area contributed by atoms with Crippen LogP contribution in [0.3, 0.4) is 0 Å². The number of aliphatic hydroxyl groups is 1. The number of rotatable bonds is 4. The van der Waals surface area contributed by atoms with E-state index in [0.29, 0.717) is 6.42 Å². The molecule has 0 unspecified atom stereocenters. The largest absolute Gasteiger partial charge is 0.377 e. The Morgan fingerprint density at radius 2 is 2.18 bits per heavy atom. The molecule has 0 spiro atoms. The fourth-order valence-electron chi connectivity index (χ4n) is 0.887. The fraction of sp³-hybridized carbons (Fsp3) is 0.750. The van der Waals surface area contributed by atoms with Crippen LogP contribution in [0.5, 0.6) is 0 Å². The van der Waals surface area contributed by atoms with Gasteiger partial charge in [0.1, 0.15) is 0 Å². The van der Waals surface area contributed by atoms with Crippen LogP contribution in [-0.2, 0) is 4.79 Å². The summed E-state index contributed by atoms with van der Waals surface area (Å²) in [7, 11) is 0. The first-order valence-corrected chi connectivity index (χ1v) is 4.09. The summed E-state index contributed by atoms with van der Waals surface area (Å²) in [4.78, 5) is 12.7. The van der Waals surface area contributed by atoms with Crippen molar-refractivity contribution in [3.8, 4) is 0 Å². The molecule has 1 N–H and O–H groups in total. The lowest BCUT2D eigenvalue weighted by atomic mass is 10.1. The van der Waals surface area contributed by atoms with E-state index in [-0.39, 0.29) is 12.0 Å². The van der Waals surface area contributed by atoms with Gasteiger partial charge in [0.25, 0.3) is 5.91 Å². The average Bonchev–Trinajstić information content (AvgIpc) is 2.81. The van der Waals surface area contributed by atoms with E-state index in [4.69, 9.17) is 0 Å². The second kappa shape index (κ2) is 3.72. The van der Waals surface area contributed by atoms with Crippen molar-refractivity contribution in [2.45, 2.75) is 26.2 Å². The van der Waals surface area contributed by atoms with Crippen molar-refractivity contribution in [1.82, 2.24) is 4.90 Å². The zero-order valence-electron chi connectivity index (χ0n) is 6.84. The molecule has 1 fully saturated rings. The smallest absolute Gasteiger partial charge is 0.258 e. The maximum Gasteiger partial charge on any atom is 0.258 e. The SMILES string of the molecule is CCCC[C](O)C(=O)N1CC1. The maximum absolute atomic E-state index is 11.1. The monoisotopic (exact) mass is 156 g/mol. The number of carbonyl (C=O) groups excluding carboxylic acids is 1. The number of hydrogen-bond donors (Lipinski definition) is 1. The first-order chi connectivity index (χ1) is 5.25. The number of unbranched alkanes of at least 4 members (excludes halogenated alkanes) is 1. The van der Waals surface area contributed by atoms with Gasteiger partial charge in [0.2, 0.25) is 0 Å². The molecule has 3 nitrogen and oxygen atoms in total. The number of nitrogens with zero attached hydrogens (tertiary/aromatic N) is 1. The van der Waals surface area contributed by atoms with Gasteiger partial charge in [0, 0.05) is 13.1 Å². The van der Waals surface area contributed by atoms with Gasteiger partial charge < -0.3 is 10.0 Å². The molecule has 3 heteroatoms. The molecule has 1 aliphatic rings. The van der Waals surface area contributed by atoms with Crippen molar-refractivity contribution in [2.24, 2.45) is 0 Å². The van der Waals surface area contributed by atoms with E-state index in [1.807, 2.05) is 6.92 Å². The van der Waals surface area contributed by atoms with Gasteiger partial charge in [0.05, 0.1) is 0 Å². The highest BCUT2D eigenvalue weighted by Crippen LogP contribution is 2.15. The van der Waals surface area contributed by atoms with Crippen LogP contribution in [0, 0.1) is 6.10 Å². The fourth-order valence-corrected chi connectivity index (χ4v) is 0.887. The van der Waals surface area contributed by atoms with E-state index in [1.165, 1.54) is 0 Å². The molecule has 63 valence electrons. The molecule has 0 aromatic heterocycles. The molecule has 0 atom stereocenters. The van der Waals surface area contributed by atoms with Gasteiger partial charge in [0.15, 0.2) is 6.10 Å². The van der Waals surface area contributed by atoms with E-state index >= 15 is 0 Å². The summed E-state index contributed by atoms with van der Waals surface area (Å²) in [5.74, 6) is -0.168. The van der Waals surface area contributed by atoms with Crippen LogP contribution < -0.4 is 0 Å².